The smallest absolute Gasteiger partial charge is 0.136 e. The first kappa shape index (κ1) is 13.1. The highest BCUT2D eigenvalue weighted by atomic mass is 35.5. The molecule has 2 fully saturated rings. The minimum absolute atomic E-state index is 0.611. The number of anilines is 1. The van der Waals surface area contributed by atoms with Gasteiger partial charge in [-0.1, -0.05) is 24.6 Å². The predicted molar refractivity (Wildman–Crippen MR) is 83.8 cm³/mol. The average Bonchev–Trinajstić information content (AvgIpc) is 3.13. The molecule has 5 heteroatoms. The Labute approximate surface area is 129 Å². The van der Waals surface area contributed by atoms with Crippen LogP contribution >= 0.6 is 11.6 Å². The molecule has 2 aromatic heterocycles. The molecule has 1 saturated carbocycles. The van der Waals surface area contributed by atoms with Gasteiger partial charge in [0.15, 0.2) is 0 Å². The van der Waals surface area contributed by atoms with E-state index in [0.29, 0.717) is 10.6 Å². The molecule has 0 N–H and O–H groups in total. The average molecular weight is 303 g/mol. The van der Waals surface area contributed by atoms with Crippen LogP contribution in [0.5, 0.6) is 0 Å². The van der Waals surface area contributed by atoms with E-state index >= 15 is 0 Å². The van der Waals surface area contributed by atoms with Gasteiger partial charge in [0.25, 0.3) is 0 Å². The van der Waals surface area contributed by atoms with E-state index in [1.54, 1.807) is 0 Å². The molecular weight excluding hydrogens is 284 g/mol. The second-order valence-electron chi connectivity index (χ2n) is 6.30. The fourth-order valence-corrected chi connectivity index (χ4v) is 3.36. The van der Waals surface area contributed by atoms with Crippen molar-refractivity contribution in [2.24, 2.45) is 5.41 Å². The molecule has 21 heavy (non-hydrogen) atoms. The third-order valence-electron chi connectivity index (χ3n) is 4.70. The van der Waals surface area contributed by atoms with Gasteiger partial charge in [0.2, 0.25) is 0 Å². The molecule has 4 nitrogen and oxygen atoms in total. The molecule has 0 unspecified atom stereocenters. The van der Waals surface area contributed by atoms with Gasteiger partial charge in [-0.2, -0.15) is 0 Å². The zero-order valence-corrected chi connectivity index (χ0v) is 13.0. The number of pyridine rings is 1. The Morgan fingerprint density at radius 3 is 2.76 bits per heavy atom. The van der Waals surface area contributed by atoms with Gasteiger partial charge in [-0.25, -0.2) is 9.97 Å². The van der Waals surface area contributed by atoms with Gasteiger partial charge in [-0.15, -0.1) is 0 Å². The van der Waals surface area contributed by atoms with Crippen molar-refractivity contribution in [3.63, 3.8) is 0 Å². The minimum Gasteiger partial charge on any atom is -0.355 e. The first-order valence-electron chi connectivity index (χ1n) is 7.59. The fourth-order valence-electron chi connectivity index (χ4n) is 3.15. The van der Waals surface area contributed by atoms with Crippen LogP contribution in [0.15, 0.2) is 24.5 Å². The Balaban J connectivity index is 1.51. The van der Waals surface area contributed by atoms with Crippen LogP contribution in [0.25, 0.3) is 0 Å². The van der Waals surface area contributed by atoms with Crippen molar-refractivity contribution in [2.45, 2.75) is 32.7 Å². The van der Waals surface area contributed by atoms with Crippen molar-refractivity contribution in [2.75, 3.05) is 18.0 Å². The van der Waals surface area contributed by atoms with E-state index in [1.165, 1.54) is 12.8 Å². The Kier molecular flexibility index (Phi) is 2.96. The molecule has 0 aromatic carbocycles. The van der Waals surface area contributed by atoms with Crippen LogP contribution in [-0.4, -0.2) is 27.6 Å². The van der Waals surface area contributed by atoms with Crippen molar-refractivity contribution in [3.05, 3.63) is 41.1 Å². The van der Waals surface area contributed by atoms with E-state index in [2.05, 4.69) is 38.5 Å². The van der Waals surface area contributed by atoms with Gasteiger partial charge in [-0.3, -0.25) is 0 Å². The topological polar surface area (TPSA) is 34.0 Å². The largest absolute Gasteiger partial charge is 0.355 e. The Bertz CT molecular complexity index is 667. The Morgan fingerprint density at radius 2 is 2.10 bits per heavy atom. The molecule has 0 atom stereocenters. The number of aromatic nitrogens is 3. The summed E-state index contributed by atoms with van der Waals surface area (Å²) >= 11 is 6.38. The van der Waals surface area contributed by atoms with Gasteiger partial charge in [0.05, 0.1) is 6.54 Å². The zero-order chi connectivity index (χ0) is 14.4. The van der Waals surface area contributed by atoms with Gasteiger partial charge in [0.1, 0.15) is 16.8 Å². The van der Waals surface area contributed by atoms with Crippen molar-refractivity contribution >= 4 is 17.4 Å². The van der Waals surface area contributed by atoms with Crippen molar-refractivity contribution in [1.82, 2.24) is 14.5 Å². The standard InChI is InChI=1S/C16H19ClN4/c1-2-13-18-7-8-20(13)9-12-3-4-14(19-15(12)17)21-10-16(11-21)5-6-16/h3-4,7-8H,2,5-6,9-11H2,1H3. The number of hydrogen-bond acceptors (Lipinski definition) is 3. The number of aryl methyl sites for hydroxylation is 1. The highest BCUT2D eigenvalue weighted by molar-refractivity contribution is 6.30. The SMILES string of the molecule is CCc1nccn1Cc1ccc(N2CC3(CC3)C2)nc1Cl. The van der Waals surface area contributed by atoms with Crippen LogP contribution < -0.4 is 4.90 Å². The summed E-state index contributed by atoms with van der Waals surface area (Å²) in [5.74, 6) is 2.09. The van der Waals surface area contributed by atoms with E-state index in [1.807, 2.05) is 12.4 Å². The molecule has 0 bridgehead atoms. The van der Waals surface area contributed by atoms with Gasteiger partial charge < -0.3 is 9.47 Å². The maximum absolute atomic E-state index is 6.38. The van der Waals surface area contributed by atoms with Crippen molar-refractivity contribution in [1.29, 1.82) is 0 Å². The van der Waals surface area contributed by atoms with Gasteiger partial charge >= 0.3 is 0 Å². The maximum atomic E-state index is 6.38. The quantitative estimate of drug-likeness (QED) is 0.814. The van der Waals surface area contributed by atoms with Crippen LogP contribution in [0.3, 0.4) is 0 Å². The summed E-state index contributed by atoms with van der Waals surface area (Å²) < 4.78 is 2.13. The first-order valence-corrected chi connectivity index (χ1v) is 7.97. The molecule has 1 aliphatic heterocycles. The molecule has 4 rings (SSSR count). The molecule has 2 aromatic rings. The number of hydrogen-bond donors (Lipinski definition) is 0. The lowest BCUT2D eigenvalue weighted by atomic mass is 9.97. The molecule has 0 radical (unpaired) electrons. The van der Waals surface area contributed by atoms with E-state index in [4.69, 9.17) is 11.6 Å². The van der Waals surface area contributed by atoms with Gasteiger partial charge in [-0.05, 0) is 18.9 Å². The van der Waals surface area contributed by atoms with Crippen LogP contribution in [0.2, 0.25) is 5.15 Å². The summed E-state index contributed by atoms with van der Waals surface area (Å²) in [6.07, 6.45) is 7.52. The summed E-state index contributed by atoms with van der Waals surface area (Å²) in [5.41, 5.74) is 1.69. The summed E-state index contributed by atoms with van der Waals surface area (Å²) in [7, 11) is 0. The summed E-state index contributed by atoms with van der Waals surface area (Å²) in [5, 5.41) is 0.611. The first-order chi connectivity index (χ1) is 10.2. The number of halogens is 1. The molecule has 1 saturated heterocycles. The van der Waals surface area contributed by atoms with E-state index < -0.39 is 0 Å². The normalized spacial score (nSPS) is 18.9. The summed E-state index contributed by atoms with van der Waals surface area (Å²) in [4.78, 5) is 11.3. The maximum Gasteiger partial charge on any atom is 0.136 e. The monoisotopic (exact) mass is 302 g/mol. The highest BCUT2D eigenvalue weighted by Crippen LogP contribution is 2.53. The molecule has 1 aliphatic carbocycles. The Morgan fingerprint density at radius 1 is 1.29 bits per heavy atom. The van der Waals surface area contributed by atoms with E-state index in [-0.39, 0.29) is 0 Å². The summed E-state index contributed by atoms with van der Waals surface area (Å²) in [6, 6.07) is 4.20. The van der Waals surface area contributed by atoms with Crippen LogP contribution in [0.4, 0.5) is 5.82 Å². The van der Waals surface area contributed by atoms with Crippen LogP contribution in [-0.2, 0) is 13.0 Å². The third-order valence-corrected chi connectivity index (χ3v) is 5.03. The second kappa shape index (κ2) is 4.73. The predicted octanol–water partition coefficient (Wildman–Crippen LogP) is 3.14. The lowest BCUT2D eigenvalue weighted by Crippen LogP contribution is -2.48. The van der Waals surface area contributed by atoms with Crippen molar-refractivity contribution in [3.8, 4) is 0 Å². The lowest BCUT2D eigenvalue weighted by Gasteiger charge is -2.41. The lowest BCUT2D eigenvalue weighted by molar-refractivity contribution is 0.384. The third kappa shape index (κ3) is 2.31. The highest BCUT2D eigenvalue weighted by Gasteiger charge is 2.52. The molecule has 2 aliphatic rings. The summed E-state index contributed by atoms with van der Waals surface area (Å²) in [6.45, 7) is 5.15. The molecule has 110 valence electrons. The number of nitrogens with zero attached hydrogens (tertiary/aromatic N) is 4. The van der Waals surface area contributed by atoms with Crippen molar-refractivity contribution < 1.29 is 0 Å². The van der Waals surface area contributed by atoms with Gasteiger partial charge in [0, 0.05) is 42.9 Å². The molecule has 1 spiro atoms. The fraction of sp³-hybridized carbons (Fsp3) is 0.500. The second-order valence-corrected chi connectivity index (χ2v) is 6.66. The Hall–Kier alpha value is -1.55. The van der Waals surface area contributed by atoms with Crippen LogP contribution in [0, 0.1) is 5.41 Å². The number of imidazole rings is 1. The zero-order valence-electron chi connectivity index (χ0n) is 12.2. The minimum atomic E-state index is 0.611. The molecule has 0 amide bonds. The van der Waals surface area contributed by atoms with E-state index in [9.17, 15) is 0 Å². The van der Waals surface area contributed by atoms with E-state index in [0.717, 1.165) is 43.3 Å². The van der Waals surface area contributed by atoms with Crippen LogP contribution in [0.1, 0.15) is 31.2 Å². The number of rotatable bonds is 4. The molecule has 3 heterocycles. The molecular formula is C16H19ClN4.